The minimum atomic E-state index is -0.0794. The Bertz CT molecular complexity index is 763. The number of carbonyl (C=O) groups is 2. The Kier molecular flexibility index (Phi) is 4.00. The molecule has 2 fully saturated rings. The maximum atomic E-state index is 12.9. The van der Waals surface area contributed by atoms with Crippen LogP contribution >= 0.6 is 0 Å². The minimum Gasteiger partial charge on any atom is -0.361 e. The van der Waals surface area contributed by atoms with Crippen LogP contribution in [0.3, 0.4) is 0 Å². The summed E-state index contributed by atoms with van der Waals surface area (Å²) in [6, 6.07) is 7.73. The summed E-state index contributed by atoms with van der Waals surface area (Å²) in [4.78, 5) is 30.3. The first-order valence-electron chi connectivity index (χ1n) is 8.85. The Morgan fingerprint density at radius 3 is 2.92 bits per heavy atom. The Hall–Kier alpha value is -2.30. The zero-order chi connectivity index (χ0) is 16.5. The van der Waals surface area contributed by atoms with Crippen LogP contribution in [0.15, 0.2) is 30.5 Å². The molecule has 1 saturated heterocycles. The fraction of sp³-hybridized carbons (Fsp3) is 0.474. The summed E-state index contributed by atoms with van der Waals surface area (Å²) in [6.45, 7) is 2.04. The van der Waals surface area contributed by atoms with E-state index in [0.717, 1.165) is 36.8 Å². The number of likely N-dealkylation sites (tertiary alicyclic amines) is 1. The maximum absolute atomic E-state index is 12.9. The molecule has 0 radical (unpaired) electrons. The van der Waals surface area contributed by atoms with E-state index < -0.39 is 0 Å². The zero-order valence-corrected chi connectivity index (χ0v) is 13.8. The van der Waals surface area contributed by atoms with E-state index >= 15 is 0 Å². The Labute approximate surface area is 141 Å². The van der Waals surface area contributed by atoms with Crippen LogP contribution in [-0.2, 0) is 4.79 Å². The molecule has 2 N–H and O–H groups in total. The number of fused-ring (bicyclic) bond motifs is 1. The van der Waals surface area contributed by atoms with Gasteiger partial charge in [-0.1, -0.05) is 12.1 Å². The van der Waals surface area contributed by atoms with Crippen LogP contribution in [0.1, 0.15) is 36.0 Å². The van der Waals surface area contributed by atoms with E-state index in [-0.39, 0.29) is 17.7 Å². The normalized spacial score (nSPS) is 21.0. The van der Waals surface area contributed by atoms with Crippen molar-refractivity contribution in [2.24, 2.45) is 11.8 Å². The molecule has 1 atom stereocenters. The number of nitrogens with one attached hydrogen (secondary N) is 2. The van der Waals surface area contributed by atoms with Gasteiger partial charge in [0, 0.05) is 31.2 Å². The number of H-pyrrole nitrogens is 1. The van der Waals surface area contributed by atoms with Crippen molar-refractivity contribution in [2.45, 2.75) is 25.7 Å². The zero-order valence-electron chi connectivity index (χ0n) is 13.8. The van der Waals surface area contributed by atoms with Gasteiger partial charge in [0.2, 0.25) is 5.91 Å². The first-order chi connectivity index (χ1) is 11.7. The summed E-state index contributed by atoms with van der Waals surface area (Å²) in [5.74, 6) is 0.727. The Morgan fingerprint density at radius 2 is 2.08 bits per heavy atom. The topological polar surface area (TPSA) is 65.2 Å². The van der Waals surface area contributed by atoms with E-state index in [1.165, 1.54) is 12.8 Å². The number of rotatable bonds is 4. The van der Waals surface area contributed by atoms with Crippen LogP contribution in [-0.4, -0.2) is 41.3 Å². The summed E-state index contributed by atoms with van der Waals surface area (Å²) >= 11 is 0. The third-order valence-corrected chi connectivity index (χ3v) is 5.16. The van der Waals surface area contributed by atoms with Gasteiger partial charge in [-0.2, -0.15) is 0 Å². The minimum absolute atomic E-state index is 0.0164. The summed E-state index contributed by atoms with van der Waals surface area (Å²) in [5, 5.41) is 4.09. The number of hydrogen-bond acceptors (Lipinski definition) is 2. The van der Waals surface area contributed by atoms with Crippen LogP contribution in [0.5, 0.6) is 0 Å². The standard InChI is InChI=1S/C19H23N3O2/c23-18(21-11-13-6-7-13)15-4-2-10-22(12-15)19(24)16-5-1-3-14-8-9-20-17(14)16/h1,3,5,8-9,13,15,20H,2,4,6-7,10-12H2,(H,21,23)/t15-/m1/s1. The molecule has 0 spiro atoms. The van der Waals surface area contributed by atoms with Crippen molar-refractivity contribution in [2.75, 3.05) is 19.6 Å². The van der Waals surface area contributed by atoms with Crippen LogP contribution in [0.25, 0.3) is 10.9 Å². The predicted octanol–water partition coefficient (Wildman–Crippen LogP) is 2.55. The lowest BCUT2D eigenvalue weighted by molar-refractivity contribution is -0.126. The van der Waals surface area contributed by atoms with Crippen LogP contribution < -0.4 is 5.32 Å². The monoisotopic (exact) mass is 325 g/mol. The quantitative estimate of drug-likeness (QED) is 0.907. The van der Waals surface area contributed by atoms with Gasteiger partial charge >= 0.3 is 0 Å². The average molecular weight is 325 g/mol. The second-order valence-electron chi connectivity index (χ2n) is 7.03. The number of piperidine rings is 1. The molecule has 1 aromatic heterocycles. The molecule has 0 bridgehead atoms. The molecule has 2 amide bonds. The van der Waals surface area contributed by atoms with Gasteiger partial charge in [0.15, 0.2) is 0 Å². The molecule has 2 aromatic rings. The van der Waals surface area contributed by atoms with E-state index in [1.807, 2.05) is 35.4 Å². The Morgan fingerprint density at radius 1 is 1.21 bits per heavy atom. The molecule has 4 rings (SSSR count). The number of carbonyl (C=O) groups excluding carboxylic acids is 2. The molecule has 24 heavy (non-hydrogen) atoms. The maximum Gasteiger partial charge on any atom is 0.256 e. The fourth-order valence-electron chi connectivity index (χ4n) is 3.52. The summed E-state index contributed by atoms with van der Waals surface area (Å²) in [5.41, 5.74) is 1.57. The summed E-state index contributed by atoms with van der Waals surface area (Å²) in [6.07, 6.45) is 6.07. The number of aromatic nitrogens is 1. The van der Waals surface area contributed by atoms with Gasteiger partial charge in [-0.3, -0.25) is 9.59 Å². The first-order valence-corrected chi connectivity index (χ1v) is 8.85. The highest BCUT2D eigenvalue weighted by atomic mass is 16.2. The van der Waals surface area contributed by atoms with Gasteiger partial charge in [0.05, 0.1) is 17.0 Å². The number of benzene rings is 1. The van der Waals surface area contributed by atoms with Crippen molar-refractivity contribution in [3.63, 3.8) is 0 Å². The van der Waals surface area contributed by atoms with Crippen molar-refractivity contribution in [1.82, 2.24) is 15.2 Å². The van der Waals surface area contributed by atoms with Crippen LogP contribution in [0, 0.1) is 11.8 Å². The van der Waals surface area contributed by atoms with Crippen LogP contribution in [0.2, 0.25) is 0 Å². The third-order valence-electron chi connectivity index (χ3n) is 5.16. The lowest BCUT2D eigenvalue weighted by Gasteiger charge is -2.32. The molecule has 2 aliphatic rings. The number of para-hydroxylation sites is 1. The number of hydrogen-bond donors (Lipinski definition) is 2. The first kappa shape index (κ1) is 15.2. The SMILES string of the molecule is O=C(NCC1CC1)[C@@H]1CCCN(C(=O)c2cccc3cc[nH]c23)C1. The molecule has 5 heteroatoms. The largest absolute Gasteiger partial charge is 0.361 e. The van der Waals surface area contributed by atoms with Crippen molar-refractivity contribution < 1.29 is 9.59 Å². The number of aromatic amines is 1. The molecule has 2 heterocycles. The van der Waals surface area contributed by atoms with E-state index in [2.05, 4.69) is 10.3 Å². The third kappa shape index (κ3) is 3.03. The molecular weight excluding hydrogens is 302 g/mol. The lowest BCUT2D eigenvalue weighted by atomic mass is 9.96. The van der Waals surface area contributed by atoms with Gasteiger partial charge in [-0.15, -0.1) is 0 Å². The number of nitrogens with zero attached hydrogens (tertiary/aromatic N) is 1. The summed E-state index contributed by atoms with van der Waals surface area (Å²) in [7, 11) is 0. The number of amides is 2. The predicted molar refractivity (Wildman–Crippen MR) is 92.7 cm³/mol. The van der Waals surface area contributed by atoms with Gasteiger partial charge in [0.1, 0.15) is 0 Å². The van der Waals surface area contributed by atoms with Crippen molar-refractivity contribution >= 4 is 22.7 Å². The van der Waals surface area contributed by atoms with E-state index in [1.54, 1.807) is 0 Å². The van der Waals surface area contributed by atoms with Gasteiger partial charge in [0.25, 0.3) is 5.91 Å². The van der Waals surface area contributed by atoms with Gasteiger partial charge in [-0.25, -0.2) is 0 Å². The summed E-state index contributed by atoms with van der Waals surface area (Å²) < 4.78 is 0. The molecule has 0 unspecified atom stereocenters. The molecule has 5 nitrogen and oxygen atoms in total. The smallest absolute Gasteiger partial charge is 0.256 e. The molecule has 1 aliphatic carbocycles. The highest BCUT2D eigenvalue weighted by molar-refractivity contribution is 6.05. The van der Waals surface area contributed by atoms with Gasteiger partial charge < -0.3 is 15.2 Å². The highest BCUT2D eigenvalue weighted by Gasteiger charge is 2.30. The molecule has 1 aliphatic heterocycles. The Balaban J connectivity index is 1.46. The molecule has 1 saturated carbocycles. The molecule has 1 aromatic carbocycles. The van der Waals surface area contributed by atoms with Crippen molar-refractivity contribution in [3.05, 3.63) is 36.0 Å². The van der Waals surface area contributed by atoms with Crippen LogP contribution in [0.4, 0.5) is 0 Å². The second kappa shape index (κ2) is 6.30. The van der Waals surface area contributed by atoms with E-state index in [0.29, 0.717) is 18.0 Å². The van der Waals surface area contributed by atoms with Gasteiger partial charge in [-0.05, 0) is 43.7 Å². The fourth-order valence-corrected chi connectivity index (χ4v) is 3.52. The average Bonchev–Trinajstić information content (AvgIpc) is 3.33. The van der Waals surface area contributed by atoms with E-state index in [4.69, 9.17) is 0 Å². The van der Waals surface area contributed by atoms with Crippen molar-refractivity contribution in [3.8, 4) is 0 Å². The van der Waals surface area contributed by atoms with E-state index in [9.17, 15) is 9.59 Å². The van der Waals surface area contributed by atoms with Crippen molar-refractivity contribution in [1.29, 1.82) is 0 Å². The lowest BCUT2D eigenvalue weighted by Crippen LogP contribution is -2.45. The molecular formula is C19H23N3O2. The highest BCUT2D eigenvalue weighted by Crippen LogP contribution is 2.28. The second-order valence-corrected chi connectivity index (χ2v) is 7.03. The molecule has 126 valence electrons.